The maximum atomic E-state index is 6.99. The average molecular weight is 804 g/mol. The van der Waals surface area contributed by atoms with Crippen molar-refractivity contribution in [3.63, 3.8) is 0 Å². The van der Waals surface area contributed by atoms with Crippen LogP contribution in [0.25, 0.3) is 132 Å². The fourth-order valence-corrected chi connectivity index (χ4v) is 9.93. The molecule has 0 fully saturated rings. The Balaban J connectivity index is 0.936. The van der Waals surface area contributed by atoms with Crippen molar-refractivity contribution >= 4 is 65.7 Å². The van der Waals surface area contributed by atoms with Crippen LogP contribution in [0.3, 0.4) is 0 Å². The first-order chi connectivity index (χ1) is 31.2. The first kappa shape index (κ1) is 35.4. The van der Waals surface area contributed by atoms with Gasteiger partial charge in [0.2, 0.25) is 0 Å². The number of furan rings is 2. The molecule has 0 aliphatic carbocycles. The minimum Gasteiger partial charge on any atom is -0.455 e. The summed E-state index contributed by atoms with van der Waals surface area (Å²) in [5, 5.41) is 6.75. The van der Waals surface area contributed by atoms with Gasteiger partial charge in [0.1, 0.15) is 22.3 Å². The number of aromatic nitrogens is 1. The highest BCUT2D eigenvalue weighted by Gasteiger charge is 2.20. The molecule has 294 valence electrons. The summed E-state index contributed by atoms with van der Waals surface area (Å²) in [7, 11) is 0. The van der Waals surface area contributed by atoms with Crippen molar-refractivity contribution in [2.24, 2.45) is 0 Å². The van der Waals surface area contributed by atoms with Crippen molar-refractivity contribution in [1.82, 2.24) is 4.98 Å². The molecular weight excluding hydrogens is 767 g/mol. The van der Waals surface area contributed by atoms with Crippen LogP contribution in [-0.4, -0.2) is 4.98 Å². The Morgan fingerprint density at radius 2 is 0.556 bits per heavy atom. The minimum atomic E-state index is 0.888. The van der Waals surface area contributed by atoms with Crippen molar-refractivity contribution in [3.05, 3.63) is 218 Å². The summed E-state index contributed by atoms with van der Waals surface area (Å²) in [6.45, 7) is 0. The SMILES string of the molecule is c1ccc(-c2ccccc2-c2cccc3c2oc2c(-c4ccc5[nH]c6ccc(-c7cccc8c7oc7c(-c9ccccc9-c9ccccc9)cccc78)cc6c5c4)cccc23)cc1. The van der Waals surface area contributed by atoms with Crippen LogP contribution in [0.1, 0.15) is 0 Å². The predicted octanol–water partition coefficient (Wildman–Crippen LogP) is 17.1. The van der Waals surface area contributed by atoms with Crippen molar-refractivity contribution in [2.45, 2.75) is 0 Å². The third kappa shape index (κ3) is 5.60. The van der Waals surface area contributed by atoms with E-state index in [0.717, 1.165) is 110 Å². The number of nitrogens with one attached hydrogen (secondary N) is 1. The normalized spacial score (nSPS) is 11.8. The highest BCUT2D eigenvalue weighted by molar-refractivity contribution is 6.17. The van der Waals surface area contributed by atoms with Crippen LogP contribution in [0.15, 0.2) is 227 Å². The summed E-state index contributed by atoms with van der Waals surface area (Å²) >= 11 is 0. The predicted molar refractivity (Wildman–Crippen MR) is 263 cm³/mol. The van der Waals surface area contributed by atoms with E-state index in [2.05, 4.69) is 223 Å². The maximum Gasteiger partial charge on any atom is 0.143 e. The van der Waals surface area contributed by atoms with Gasteiger partial charge in [0.15, 0.2) is 0 Å². The second-order valence-electron chi connectivity index (χ2n) is 16.4. The molecule has 0 atom stereocenters. The van der Waals surface area contributed by atoms with Gasteiger partial charge in [-0.3, -0.25) is 0 Å². The van der Waals surface area contributed by atoms with Gasteiger partial charge < -0.3 is 13.8 Å². The van der Waals surface area contributed by atoms with Crippen LogP contribution < -0.4 is 0 Å². The molecule has 0 aliphatic rings. The molecule has 0 unspecified atom stereocenters. The van der Waals surface area contributed by atoms with E-state index in [4.69, 9.17) is 8.83 Å². The molecule has 63 heavy (non-hydrogen) atoms. The molecule has 3 heterocycles. The molecule has 1 N–H and O–H groups in total. The molecule has 0 amide bonds. The van der Waals surface area contributed by atoms with Crippen LogP contribution in [0.2, 0.25) is 0 Å². The van der Waals surface area contributed by atoms with Crippen molar-refractivity contribution < 1.29 is 8.83 Å². The summed E-state index contributed by atoms with van der Waals surface area (Å²) in [5.74, 6) is 0. The number of fused-ring (bicyclic) bond motifs is 9. The number of para-hydroxylation sites is 4. The van der Waals surface area contributed by atoms with Crippen LogP contribution >= 0.6 is 0 Å². The number of H-pyrrole nitrogens is 1. The summed E-state index contributed by atoms with van der Waals surface area (Å²) in [4.78, 5) is 3.69. The monoisotopic (exact) mass is 803 g/mol. The fourth-order valence-electron chi connectivity index (χ4n) is 9.93. The smallest absolute Gasteiger partial charge is 0.143 e. The van der Waals surface area contributed by atoms with E-state index >= 15 is 0 Å². The van der Waals surface area contributed by atoms with E-state index < -0.39 is 0 Å². The topological polar surface area (TPSA) is 42.1 Å². The second kappa shape index (κ2) is 14.1. The number of rotatable bonds is 6. The Kier molecular flexibility index (Phi) is 7.91. The van der Waals surface area contributed by atoms with E-state index in [1.54, 1.807) is 0 Å². The fraction of sp³-hybridized carbons (Fsp3) is 0. The van der Waals surface area contributed by atoms with Crippen LogP contribution in [0.5, 0.6) is 0 Å². The molecular formula is C60H37NO2. The van der Waals surface area contributed by atoms with E-state index in [9.17, 15) is 0 Å². The zero-order valence-corrected chi connectivity index (χ0v) is 34.1. The molecule has 3 aromatic heterocycles. The summed E-state index contributed by atoms with van der Waals surface area (Å²) < 4.78 is 14.0. The van der Waals surface area contributed by atoms with Gasteiger partial charge in [-0.25, -0.2) is 0 Å². The number of benzene rings is 10. The lowest BCUT2D eigenvalue weighted by molar-refractivity contribution is 0.670. The molecule has 0 aliphatic heterocycles. The summed E-state index contributed by atoms with van der Waals surface area (Å²) in [6.07, 6.45) is 0. The molecule has 0 spiro atoms. The molecule has 13 rings (SSSR count). The van der Waals surface area contributed by atoms with Gasteiger partial charge in [-0.15, -0.1) is 0 Å². The number of hydrogen-bond donors (Lipinski definition) is 1. The average Bonchev–Trinajstić information content (AvgIpc) is 4.06. The van der Waals surface area contributed by atoms with Gasteiger partial charge in [-0.1, -0.05) is 194 Å². The lowest BCUT2D eigenvalue weighted by Gasteiger charge is -2.10. The zero-order chi connectivity index (χ0) is 41.4. The van der Waals surface area contributed by atoms with Crippen LogP contribution in [0, 0.1) is 0 Å². The van der Waals surface area contributed by atoms with E-state index in [0.29, 0.717) is 0 Å². The lowest BCUT2D eigenvalue weighted by Crippen LogP contribution is -1.85. The Hall–Kier alpha value is -8.40. The Bertz CT molecular complexity index is 3650. The van der Waals surface area contributed by atoms with Gasteiger partial charge in [0, 0.05) is 65.6 Å². The van der Waals surface area contributed by atoms with E-state index in [1.165, 1.54) is 22.3 Å². The van der Waals surface area contributed by atoms with Crippen molar-refractivity contribution in [2.75, 3.05) is 0 Å². The Morgan fingerprint density at radius 3 is 0.968 bits per heavy atom. The molecule has 0 radical (unpaired) electrons. The van der Waals surface area contributed by atoms with Crippen LogP contribution in [0.4, 0.5) is 0 Å². The quantitative estimate of drug-likeness (QED) is 0.182. The second-order valence-corrected chi connectivity index (χ2v) is 16.4. The van der Waals surface area contributed by atoms with Crippen LogP contribution in [-0.2, 0) is 0 Å². The Morgan fingerprint density at radius 1 is 0.222 bits per heavy atom. The largest absolute Gasteiger partial charge is 0.455 e. The third-order valence-corrected chi connectivity index (χ3v) is 12.9. The Labute approximate surface area is 363 Å². The van der Waals surface area contributed by atoms with Crippen molar-refractivity contribution in [3.8, 4) is 66.8 Å². The first-order valence-electron chi connectivity index (χ1n) is 21.5. The third-order valence-electron chi connectivity index (χ3n) is 12.9. The van der Waals surface area contributed by atoms with Gasteiger partial charge in [-0.2, -0.15) is 0 Å². The number of aromatic amines is 1. The molecule has 0 bridgehead atoms. The molecule has 13 aromatic rings. The molecule has 3 heteroatoms. The maximum absolute atomic E-state index is 6.99. The van der Waals surface area contributed by atoms with E-state index in [-0.39, 0.29) is 0 Å². The summed E-state index contributed by atoms with van der Waals surface area (Å²) in [6, 6.07) is 77.8. The van der Waals surface area contributed by atoms with E-state index in [1.807, 2.05) is 0 Å². The lowest BCUT2D eigenvalue weighted by atomic mass is 9.93. The molecule has 10 aromatic carbocycles. The highest BCUT2D eigenvalue weighted by atomic mass is 16.3. The molecule has 0 saturated carbocycles. The van der Waals surface area contributed by atoms with Gasteiger partial charge in [0.25, 0.3) is 0 Å². The zero-order valence-electron chi connectivity index (χ0n) is 34.1. The minimum absolute atomic E-state index is 0.888. The molecule has 0 saturated heterocycles. The van der Waals surface area contributed by atoms with Gasteiger partial charge >= 0.3 is 0 Å². The summed E-state index contributed by atoms with van der Waals surface area (Å²) in [5.41, 5.74) is 19.3. The number of hydrogen-bond acceptors (Lipinski definition) is 2. The standard InChI is InChI=1S/C60H37NO2/c1-3-15-37(16-4-1)41-19-7-9-21-45(41)47-25-13-29-51-49-27-11-23-43(57(49)62-59(47)51)39-31-33-55-53(35-39)54-36-40(32-34-56(54)61-55)44-24-12-28-50-52-30-14-26-48(60(52)63-58(44)50)46-22-10-8-20-42(46)38-17-5-2-6-18-38/h1-36,61H. The molecule has 3 nitrogen and oxygen atoms in total. The van der Waals surface area contributed by atoms with Crippen molar-refractivity contribution in [1.29, 1.82) is 0 Å². The van der Waals surface area contributed by atoms with Gasteiger partial charge in [-0.05, 0) is 68.8 Å². The van der Waals surface area contributed by atoms with Gasteiger partial charge in [0.05, 0.1) is 0 Å². The highest BCUT2D eigenvalue weighted by Crippen LogP contribution is 2.45. The first-order valence-corrected chi connectivity index (χ1v) is 21.5.